The minimum atomic E-state index is 0.484. The third-order valence-electron chi connectivity index (χ3n) is 10.5. The number of benzene rings is 6. The number of rotatable bonds is 16. The quantitative estimate of drug-likeness (QED) is 0.0560. The van der Waals surface area contributed by atoms with Crippen molar-refractivity contribution in [2.24, 2.45) is 5.92 Å². The standard InChI is InChI=1S/C53H52N4O/c1-7-9-22-42(8-2)38-58-53-36-49(40(4)32-41(53)5)50(55-6)33-44-35-51(56(45-23-14-10-15-24-45)46-25-16-11-17-26-46)43(31-39(3)37-54)34-52(44)57(47-27-18-12-19-28-47)48-29-20-13-21-30-48/h10-21,23-36,42H,7-9,22,38H2,1-5H3/b39-31-,50-33-. The largest absolute Gasteiger partial charge is 0.493 e. The van der Waals surface area contributed by atoms with Crippen molar-refractivity contribution in [3.05, 3.63) is 190 Å². The van der Waals surface area contributed by atoms with E-state index < -0.39 is 0 Å². The molecule has 0 N–H and O–H groups in total. The number of ether oxygens (including phenoxy) is 1. The van der Waals surface area contributed by atoms with E-state index in [4.69, 9.17) is 11.3 Å². The lowest BCUT2D eigenvalue weighted by Crippen LogP contribution is -2.15. The highest BCUT2D eigenvalue weighted by Gasteiger charge is 2.23. The van der Waals surface area contributed by atoms with Crippen LogP contribution in [0.3, 0.4) is 0 Å². The van der Waals surface area contributed by atoms with Crippen LogP contribution in [0.2, 0.25) is 0 Å². The van der Waals surface area contributed by atoms with Gasteiger partial charge in [-0.1, -0.05) is 118 Å². The summed E-state index contributed by atoms with van der Waals surface area (Å²) in [6.45, 7) is 19.8. The molecular weight excluding hydrogens is 709 g/mol. The second-order valence-electron chi connectivity index (χ2n) is 14.7. The molecule has 1 atom stereocenters. The van der Waals surface area contributed by atoms with Gasteiger partial charge in [0.1, 0.15) is 5.75 Å². The molecule has 1 unspecified atom stereocenters. The SMILES string of the molecule is [C-]#[N+]/C(=C\c1cc(N(c2ccccc2)c2ccccc2)c(/C=C(/C)C#N)cc1N(c1ccccc1)c1ccccc1)c1cc(OCC(CC)CCCC)c(C)cc1C. The number of unbranched alkanes of at least 4 members (excludes halogenated alkanes) is 1. The van der Waals surface area contributed by atoms with E-state index in [2.05, 4.69) is 121 Å². The normalized spacial score (nSPS) is 12.0. The van der Waals surface area contributed by atoms with Crippen LogP contribution in [-0.4, -0.2) is 6.61 Å². The van der Waals surface area contributed by atoms with E-state index in [0.717, 1.165) is 80.5 Å². The van der Waals surface area contributed by atoms with Crippen LogP contribution in [-0.2, 0) is 0 Å². The van der Waals surface area contributed by atoms with Gasteiger partial charge in [0, 0.05) is 33.9 Å². The molecule has 0 aromatic heterocycles. The van der Waals surface area contributed by atoms with Crippen LogP contribution in [0.5, 0.6) is 5.75 Å². The molecule has 0 saturated heterocycles. The maximum absolute atomic E-state index is 10.1. The third kappa shape index (κ3) is 9.76. The first-order valence-corrected chi connectivity index (χ1v) is 20.3. The number of aryl methyl sites for hydroxylation is 2. The zero-order valence-electron chi connectivity index (χ0n) is 34.3. The molecule has 290 valence electrons. The monoisotopic (exact) mass is 760 g/mol. The van der Waals surface area contributed by atoms with Gasteiger partial charge < -0.3 is 14.5 Å². The van der Waals surface area contributed by atoms with Crippen LogP contribution < -0.4 is 14.5 Å². The van der Waals surface area contributed by atoms with Crippen LogP contribution >= 0.6 is 0 Å². The van der Waals surface area contributed by atoms with Gasteiger partial charge in [0.05, 0.1) is 30.6 Å². The van der Waals surface area contributed by atoms with E-state index in [1.807, 2.05) is 91.9 Å². The molecule has 58 heavy (non-hydrogen) atoms. The molecular formula is C53H52N4O. The first-order valence-electron chi connectivity index (χ1n) is 20.3. The van der Waals surface area contributed by atoms with Crippen molar-refractivity contribution in [2.45, 2.75) is 60.3 Å². The van der Waals surface area contributed by atoms with Crippen molar-refractivity contribution >= 4 is 52.0 Å². The van der Waals surface area contributed by atoms with Gasteiger partial charge in [0.15, 0.2) is 5.70 Å². The molecule has 0 amide bonds. The van der Waals surface area contributed by atoms with Gasteiger partial charge >= 0.3 is 0 Å². The van der Waals surface area contributed by atoms with Crippen molar-refractivity contribution in [3.63, 3.8) is 0 Å². The average molecular weight is 761 g/mol. The molecule has 6 aromatic carbocycles. The minimum Gasteiger partial charge on any atom is -0.493 e. The van der Waals surface area contributed by atoms with Gasteiger partial charge in [-0.3, -0.25) is 0 Å². The summed E-state index contributed by atoms with van der Waals surface area (Å²) in [5, 5.41) is 10.1. The smallest absolute Gasteiger partial charge is 0.195 e. The van der Waals surface area contributed by atoms with Crippen molar-refractivity contribution in [1.29, 1.82) is 5.26 Å². The summed E-state index contributed by atoms with van der Waals surface area (Å²) < 4.78 is 6.54. The van der Waals surface area contributed by atoms with E-state index in [1.54, 1.807) is 0 Å². The highest BCUT2D eigenvalue weighted by molar-refractivity contribution is 5.96. The van der Waals surface area contributed by atoms with Gasteiger partial charge in [-0.25, -0.2) is 4.85 Å². The number of hydrogen-bond acceptors (Lipinski definition) is 4. The maximum atomic E-state index is 10.1. The van der Waals surface area contributed by atoms with Crippen LogP contribution in [0.4, 0.5) is 34.1 Å². The molecule has 6 aromatic rings. The predicted molar refractivity (Wildman–Crippen MR) is 244 cm³/mol. The number of hydrogen-bond donors (Lipinski definition) is 0. The summed E-state index contributed by atoms with van der Waals surface area (Å²) in [5.74, 6) is 1.30. The fraction of sp³-hybridized carbons (Fsp3) is 0.208. The zero-order chi connectivity index (χ0) is 40.9. The van der Waals surface area contributed by atoms with Crippen LogP contribution in [0.1, 0.15) is 74.3 Å². The van der Waals surface area contributed by atoms with Crippen molar-refractivity contribution in [2.75, 3.05) is 16.4 Å². The van der Waals surface area contributed by atoms with Gasteiger partial charge in [-0.2, -0.15) is 5.26 Å². The highest BCUT2D eigenvalue weighted by Crippen LogP contribution is 2.45. The number of para-hydroxylation sites is 4. The van der Waals surface area contributed by atoms with Crippen LogP contribution in [0, 0.1) is 37.7 Å². The molecule has 0 saturated carbocycles. The summed E-state index contributed by atoms with van der Waals surface area (Å²) in [7, 11) is 0. The first-order chi connectivity index (χ1) is 28.3. The van der Waals surface area contributed by atoms with Gasteiger partial charge in [-0.05, 0) is 129 Å². The Hall–Kier alpha value is -6.82. The molecule has 0 aliphatic carbocycles. The molecule has 6 rings (SSSR count). The molecule has 0 aliphatic heterocycles. The average Bonchev–Trinajstić information content (AvgIpc) is 3.26. The predicted octanol–water partition coefficient (Wildman–Crippen LogP) is 15.2. The van der Waals surface area contributed by atoms with E-state index in [1.165, 1.54) is 12.8 Å². The lowest BCUT2D eigenvalue weighted by Gasteiger charge is -2.31. The summed E-state index contributed by atoms with van der Waals surface area (Å²) in [5.41, 5.74) is 11.3. The number of anilines is 6. The summed E-state index contributed by atoms with van der Waals surface area (Å²) >= 11 is 0. The van der Waals surface area contributed by atoms with Gasteiger partial charge in [-0.15, -0.1) is 0 Å². The van der Waals surface area contributed by atoms with E-state index in [0.29, 0.717) is 23.8 Å². The van der Waals surface area contributed by atoms with E-state index >= 15 is 0 Å². The molecule has 0 spiro atoms. The summed E-state index contributed by atoms with van der Waals surface area (Å²) in [4.78, 5) is 8.67. The minimum absolute atomic E-state index is 0.484. The Balaban J connectivity index is 1.65. The molecule has 0 fully saturated rings. The Bertz CT molecular complexity index is 2350. The second kappa shape index (κ2) is 19.9. The molecule has 0 aliphatic rings. The lowest BCUT2D eigenvalue weighted by atomic mass is 9.97. The molecule has 0 heterocycles. The fourth-order valence-electron chi connectivity index (χ4n) is 7.34. The maximum Gasteiger partial charge on any atom is 0.195 e. The number of allylic oxidation sites excluding steroid dienone is 1. The fourth-order valence-corrected chi connectivity index (χ4v) is 7.34. The number of nitrogens with zero attached hydrogens (tertiary/aromatic N) is 4. The van der Waals surface area contributed by atoms with Crippen molar-refractivity contribution in [1.82, 2.24) is 0 Å². The highest BCUT2D eigenvalue weighted by atomic mass is 16.5. The summed E-state index contributed by atoms with van der Waals surface area (Å²) in [6, 6.07) is 52.0. The lowest BCUT2D eigenvalue weighted by molar-refractivity contribution is 0.232. The Morgan fingerprint density at radius 3 is 1.57 bits per heavy atom. The molecule has 5 nitrogen and oxygen atoms in total. The summed E-state index contributed by atoms with van der Waals surface area (Å²) in [6.07, 6.45) is 8.53. The Morgan fingerprint density at radius 2 is 1.16 bits per heavy atom. The third-order valence-corrected chi connectivity index (χ3v) is 10.5. The van der Waals surface area contributed by atoms with Gasteiger partial charge in [0.2, 0.25) is 0 Å². The van der Waals surface area contributed by atoms with Crippen LogP contribution in [0.25, 0.3) is 22.7 Å². The molecule has 0 radical (unpaired) electrons. The Morgan fingerprint density at radius 1 is 0.690 bits per heavy atom. The topological polar surface area (TPSA) is 43.9 Å². The van der Waals surface area contributed by atoms with Crippen molar-refractivity contribution in [3.8, 4) is 11.8 Å². The van der Waals surface area contributed by atoms with E-state index in [-0.39, 0.29) is 0 Å². The van der Waals surface area contributed by atoms with Crippen molar-refractivity contribution < 1.29 is 4.74 Å². The molecule has 0 bridgehead atoms. The van der Waals surface area contributed by atoms with E-state index in [9.17, 15) is 5.26 Å². The molecule has 5 heteroatoms. The number of nitriles is 1. The Labute approximate surface area is 345 Å². The van der Waals surface area contributed by atoms with Gasteiger partial charge in [0.25, 0.3) is 0 Å². The first kappa shape index (κ1) is 40.8. The Kier molecular flexibility index (Phi) is 14.0. The van der Waals surface area contributed by atoms with Crippen LogP contribution in [0.15, 0.2) is 151 Å². The second-order valence-corrected chi connectivity index (χ2v) is 14.7. The zero-order valence-corrected chi connectivity index (χ0v) is 34.3.